The van der Waals surface area contributed by atoms with Crippen LogP contribution in [0.2, 0.25) is 5.02 Å². The van der Waals surface area contributed by atoms with Gasteiger partial charge in [-0.1, -0.05) is 11.6 Å². The first-order valence-corrected chi connectivity index (χ1v) is 5.25. The normalized spacial score (nSPS) is 10.0. The van der Waals surface area contributed by atoms with Crippen LogP contribution < -0.4 is 4.74 Å². The highest BCUT2D eigenvalue weighted by Gasteiger charge is 2.05. The van der Waals surface area contributed by atoms with Crippen LogP contribution in [0, 0.1) is 5.82 Å². The molecule has 0 heterocycles. The summed E-state index contributed by atoms with van der Waals surface area (Å²) in [5.74, 6) is 0.364. The predicted molar refractivity (Wildman–Crippen MR) is 63.3 cm³/mol. The van der Waals surface area contributed by atoms with Gasteiger partial charge in [0.1, 0.15) is 17.3 Å². The minimum atomic E-state index is -0.476. The first-order valence-electron chi connectivity index (χ1n) is 4.87. The van der Waals surface area contributed by atoms with Crippen LogP contribution in [0.5, 0.6) is 11.5 Å². The number of hydrogen-bond acceptors (Lipinski definition) is 2. The number of rotatable bonds is 3. The molecule has 0 N–H and O–H groups in total. The van der Waals surface area contributed by atoms with Crippen LogP contribution >= 0.6 is 11.6 Å². The molecule has 0 bridgehead atoms. The molecule has 0 aliphatic rings. The number of carbonyl (C=O) groups is 1. The number of ether oxygens (including phenoxy) is 1. The molecule has 0 unspecified atom stereocenters. The molecular weight excluding hydrogens is 243 g/mol. The number of hydrogen-bond donors (Lipinski definition) is 0. The first kappa shape index (κ1) is 11.6. The minimum absolute atomic E-state index is 0.167. The van der Waals surface area contributed by atoms with Gasteiger partial charge in [-0.2, -0.15) is 0 Å². The van der Waals surface area contributed by atoms with Crippen molar-refractivity contribution in [1.29, 1.82) is 0 Å². The number of aldehydes is 1. The molecule has 0 fully saturated rings. The molecule has 2 nitrogen and oxygen atoms in total. The van der Waals surface area contributed by atoms with Gasteiger partial charge in [-0.15, -0.1) is 0 Å². The lowest BCUT2D eigenvalue weighted by Gasteiger charge is -2.07. The average Bonchev–Trinajstić information content (AvgIpc) is 2.34. The molecule has 2 rings (SSSR count). The SMILES string of the molecule is O=Cc1cc(F)ccc1Oc1ccc(Cl)cc1. The van der Waals surface area contributed by atoms with Gasteiger partial charge in [0.05, 0.1) is 5.56 Å². The molecule has 0 aliphatic heterocycles. The van der Waals surface area contributed by atoms with Crippen molar-refractivity contribution in [2.75, 3.05) is 0 Å². The summed E-state index contributed by atoms with van der Waals surface area (Å²) in [7, 11) is 0. The summed E-state index contributed by atoms with van der Waals surface area (Å²) in [5, 5.41) is 0.590. The summed E-state index contributed by atoms with van der Waals surface area (Å²) in [6.07, 6.45) is 0.550. The third-order valence-electron chi connectivity index (χ3n) is 2.14. The van der Waals surface area contributed by atoms with Crippen molar-refractivity contribution in [3.63, 3.8) is 0 Å². The summed E-state index contributed by atoms with van der Waals surface area (Å²) in [6, 6.07) is 10.4. The Bertz CT molecular complexity index is 538. The molecule has 4 heteroatoms. The standard InChI is InChI=1S/C13H8ClFO2/c14-10-1-4-12(5-2-10)17-13-6-3-11(15)7-9(13)8-16/h1-8H. The fourth-order valence-corrected chi connectivity index (χ4v) is 1.46. The van der Waals surface area contributed by atoms with Crippen LogP contribution in [0.15, 0.2) is 42.5 Å². The monoisotopic (exact) mass is 250 g/mol. The summed E-state index contributed by atoms with van der Waals surface area (Å²) < 4.78 is 18.3. The van der Waals surface area contributed by atoms with E-state index in [2.05, 4.69) is 0 Å². The van der Waals surface area contributed by atoms with Crippen LogP contribution in [0.3, 0.4) is 0 Å². The van der Waals surface area contributed by atoms with E-state index in [9.17, 15) is 9.18 Å². The molecule has 17 heavy (non-hydrogen) atoms. The maximum atomic E-state index is 12.9. The molecular formula is C13H8ClFO2. The number of carbonyl (C=O) groups excluding carboxylic acids is 1. The number of halogens is 2. The van der Waals surface area contributed by atoms with E-state index in [1.165, 1.54) is 12.1 Å². The zero-order valence-corrected chi connectivity index (χ0v) is 9.45. The van der Waals surface area contributed by atoms with Crippen LogP contribution in [0.25, 0.3) is 0 Å². The van der Waals surface area contributed by atoms with E-state index in [1.807, 2.05) is 0 Å². The second-order valence-corrected chi connectivity index (χ2v) is 3.79. The fraction of sp³-hybridized carbons (Fsp3) is 0. The Kier molecular flexibility index (Phi) is 3.40. The summed E-state index contributed by atoms with van der Waals surface area (Å²) >= 11 is 5.73. The van der Waals surface area contributed by atoms with Crippen molar-refractivity contribution in [3.8, 4) is 11.5 Å². The summed E-state index contributed by atoms with van der Waals surface area (Å²) in [4.78, 5) is 10.8. The Hall–Kier alpha value is -1.87. The van der Waals surface area contributed by atoms with Gasteiger partial charge in [0, 0.05) is 5.02 Å². The Balaban J connectivity index is 2.29. The molecule has 0 atom stereocenters. The number of benzene rings is 2. The molecule has 0 aromatic heterocycles. The third kappa shape index (κ3) is 2.82. The molecule has 2 aromatic carbocycles. The summed E-state index contributed by atoms with van der Waals surface area (Å²) in [5.41, 5.74) is 0.167. The third-order valence-corrected chi connectivity index (χ3v) is 2.39. The van der Waals surface area contributed by atoms with E-state index >= 15 is 0 Å². The van der Waals surface area contributed by atoms with Gasteiger partial charge in [-0.25, -0.2) is 4.39 Å². The Morgan fingerprint density at radius 1 is 1.12 bits per heavy atom. The molecule has 0 aliphatic carbocycles. The second-order valence-electron chi connectivity index (χ2n) is 3.36. The topological polar surface area (TPSA) is 26.3 Å². The van der Waals surface area contributed by atoms with Gasteiger partial charge < -0.3 is 4.74 Å². The van der Waals surface area contributed by atoms with Crippen LogP contribution in [0.4, 0.5) is 4.39 Å². The molecule has 0 amide bonds. The molecule has 2 aromatic rings. The smallest absolute Gasteiger partial charge is 0.153 e. The van der Waals surface area contributed by atoms with Crippen LogP contribution in [0.1, 0.15) is 10.4 Å². The largest absolute Gasteiger partial charge is 0.457 e. The van der Waals surface area contributed by atoms with Crippen LogP contribution in [-0.2, 0) is 0 Å². The average molecular weight is 251 g/mol. The van der Waals surface area contributed by atoms with E-state index in [-0.39, 0.29) is 5.56 Å². The molecule has 86 valence electrons. The van der Waals surface area contributed by atoms with Gasteiger partial charge in [0.25, 0.3) is 0 Å². The zero-order chi connectivity index (χ0) is 12.3. The Labute approximate surface area is 103 Å². The van der Waals surface area contributed by atoms with E-state index < -0.39 is 5.82 Å². The zero-order valence-electron chi connectivity index (χ0n) is 8.69. The molecule has 0 saturated carbocycles. The van der Waals surface area contributed by atoms with E-state index in [1.54, 1.807) is 24.3 Å². The highest BCUT2D eigenvalue weighted by molar-refractivity contribution is 6.30. The van der Waals surface area contributed by atoms with Gasteiger partial charge >= 0.3 is 0 Å². The lowest BCUT2D eigenvalue weighted by molar-refractivity contribution is 0.112. The lowest BCUT2D eigenvalue weighted by Crippen LogP contribution is -1.91. The van der Waals surface area contributed by atoms with Crippen molar-refractivity contribution >= 4 is 17.9 Å². The highest BCUT2D eigenvalue weighted by Crippen LogP contribution is 2.26. The van der Waals surface area contributed by atoms with Crippen molar-refractivity contribution < 1.29 is 13.9 Å². The molecule has 0 spiro atoms. The Morgan fingerprint density at radius 3 is 2.47 bits per heavy atom. The van der Waals surface area contributed by atoms with Gasteiger partial charge in [-0.3, -0.25) is 4.79 Å². The summed E-state index contributed by atoms with van der Waals surface area (Å²) in [6.45, 7) is 0. The molecule has 0 radical (unpaired) electrons. The molecule has 0 saturated heterocycles. The van der Waals surface area contributed by atoms with E-state index in [0.29, 0.717) is 22.8 Å². The van der Waals surface area contributed by atoms with E-state index in [4.69, 9.17) is 16.3 Å². The minimum Gasteiger partial charge on any atom is -0.457 e. The van der Waals surface area contributed by atoms with Gasteiger partial charge in [0.15, 0.2) is 6.29 Å². The first-order chi connectivity index (χ1) is 8.19. The lowest BCUT2D eigenvalue weighted by atomic mass is 10.2. The quantitative estimate of drug-likeness (QED) is 0.767. The van der Waals surface area contributed by atoms with Crippen LogP contribution in [-0.4, -0.2) is 6.29 Å². The van der Waals surface area contributed by atoms with Gasteiger partial charge in [0.2, 0.25) is 0 Å². The van der Waals surface area contributed by atoms with Crippen molar-refractivity contribution in [3.05, 3.63) is 58.9 Å². The maximum absolute atomic E-state index is 12.9. The van der Waals surface area contributed by atoms with Crippen molar-refractivity contribution in [2.24, 2.45) is 0 Å². The predicted octanol–water partition coefficient (Wildman–Crippen LogP) is 4.08. The van der Waals surface area contributed by atoms with E-state index in [0.717, 1.165) is 6.07 Å². The fourth-order valence-electron chi connectivity index (χ4n) is 1.33. The van der Waals surface area contributed by atoms with Gasteiger partial charge in [-0.05, 0) is 42.5 Å². The maximum Gasteiger partial charge on any atom is 0.153 e. The Morgan fingerprint density at radius 2 is 1.82 bits per heavy atom. The highest BCUT2D eigenvalue weighted by atomic mass is 35.5. The second kappa shape index (κ2) is 4.97. The van der Waals surface area contributed by atoms with Crippen molar-refractivity contribution in [1.82, 2.24) is 0 Å². The van der Waals surface area contributed by atoms with Crippen molar-refractivity contribution in [2.45, 2.75) is 0 Å².